The van der Waals surface area contributed by atoms with E-state index in [1.807, 2.05) is 7.55 Å². The second-order valence-electron chi connectivity index (χ2n) is 3.78. The topological polar surface area (TPSA) is 15.3 Å². The van der Waals surface area contributed by atoms with E-state index < -0.39 is 0 Å². The van der Waals surface area contributed by atoms with Crippen molar-refractivity contribution in [3.63, 3.8) is 0 Å². The number of unbranched alkanes of at least 4 members (excludes halogenated alkanes) is 4. The maximum absolute atomic E-state index is 3.63. The van der Waals surface area contributed by atoms with Crippen molar-refractivity contribution < 1.29 is 0 Å². The van der Waals surface area contributed by atoms with Gasteiger partial charge in [0, 0.05) is 0 Å². The predicted octanol–water partition coefficient (Wildman–Crippen LogP) is 1.61. The summed E-state index contributed by atoms with van der Waals surface area (Å²) < 4.78 is 0. The molecule has 0 amide bonds. The molecule has 0 saturated carbocycles. The van der Waals surface area contributed by atoms with Crippen molar-refractivity contribution in [2.75, 3.05) is 13.1 Å². The van der Waals surface area contributed by atoms with Crippen LogP contribution in [0.3, 0.4) is 0 Å². The zero-order valence-electron chi connectivity index (χ0n) is 9.89. The first-order valence-corrected chi connectivity index (χ1v) is 5.95. The van der Waals surface area contributed by atoms with Gasteiger partial charge in [0.05, 0.1) is 0 Å². The van der Waals surface area contributed by atoms with E-state index in [2.05, 4.69) is 31.8 Å². The summed E-state index contributed by atoms with van der Waals surface area (Å²) in [5.41, 5.74) is 0. The summed E-state index contributed by atoms with van der Waals surface area (Å²) in [4.78, 5) is 2.35. The van der Waals surface area contributed by atoms with E-state index in [0.717, 1.165) is 0 Å². The van der Waals surface area contributed by atoms with Gasteiger partial charge < -0.3 is 9.95 Å². The lowest BCUT2D eigenvalue weighted by Gasteiger charge is -2.20. The van der Waals surface area contributed by atoms with E-state index in [0.29, 0.717) is 0 Å². The minimum atomic E-state index is 1.17. The van der Waals surface area contributed by atoms with E-state index in [-0.39, 0.29) is 0 Å². The van der Waals surface area contributed by atoms with Crippen molar-refractivity contribution in [2.24, 2.45) is 0 Å². The molecule has 0 heterocycles. The van der Waals surface area contributed by atoms with Crippen LogP contribution in [0.4, 0.5) is 0 Å². The zero-order chi connectivity index (χ0) is 10.6. The summed E-state index contributed by atoms with van der Waals surface area (Å²) in [6.07, 6.45) is 7.83. The van der Waals surface area contributed by atoms with Crippen LogP contribution >= 0.6 is 0 Å². The Morgan fingerprint density at radius 3 is 1.86 bits per heavy atom. The normalized spacial score (nSPS) is 10.8. The van der Waals surface area contributed by atoms with Gasteiger partial charge in [0.25, 0.3) is 7.55 Å². The number of nitrogens with one attached hydrogen (secondary N) is 1. The smallest absolute Gasteiger partial charge is 0.297 e. The number of nitrogens with zero attached hydrogens (tertiary/aromatic N) is 1. The Hall–Kier alpha value is 0.0499. The standard InChI is InChI=1S/C10H24B2N2/c1-3-5-7-9-14(12-13-11)10-8-6-4-2/h11,13H,3-10H2,1-2H3. The Kier molecular flexibility index (Phi) is 11.2. The molecular formula is C10H24B2N2. The van der Waals surface area contributed by atoms with E-state index in [9.17, 15) is 0 Å². The molecule has 0 aromatic carbocycles. The van der Waals surface area contributed by atoms with Crippen molar-refractivity contribution >= 4 is 15.5 Å². The summed E-state index contributed by atoms with van der Waals surface area (Å²) in [6, 6.07) is 0. The molecule has 0 aliphatic carbocycles. The first-order valence-electron chi connectivity index (χ1n) is 5.95. The summed E-state index contributed by atoms with van der Waals surface area (Å²) in [5, 5.41) is 2.87. The highest BCUT2D eigenvalue weighted by atomic mass is 15.1. The van der Waals surface area contributed by atoms with E-state index >= 15 is 0 Å². The van der Waals surface area contributed by atoms with Crippen molar-refractivity contribution in [3.05, 3.63) is 0 Å². The summed E-state index contributed by atoms with van der Waals surface area (Å²) in [7, 11) is 5.64. The van der Waals surface area contributed by atoms with Gasteiger partial charge >= 0.3 is 0 Å². The molecule has 2 radical (unpaired) electrons. The molecule has 1 N–H and O–H groups in total. The molecule has 14 heavy (non-hydrogen) atoms. The molecule has 0 rings (SSSR count). The number of rotatable bonds is 10. The fourth-order valence-corrected chi connectivity index (χ4v) is 1.50. The maximum atomic E-state index is 3.63. The third-order valence-corrected chi connectivity index (χ3v) is 2.37. The Balaban J connectivity index is 3.44. The van der Waals surface area contributed by atoms with Crippen molar-refractivity contribution in [3.8, 4) is 0 Å². The molecule has 0 unspecified atom stereocenters. The molecule has 0 atom stereocenters. The van der Waals surface area contributed by atoms with E-state index in [4.69, 9.17) is 0 Å². The minimum absolute atomic E-state index is 1.17. The van der Waals surface area contributed by atoms with Gasteiger partial charge in [-0.1, -0.05) is 39.5 Å². The third-order valence-electron chi connectivity index (χ3n) is 2.37. The average Bonchev–Trinajstić information content (AvgIpc) is 2.18. The monoisotopic (exact) mass is 194 g/mol. The number of hydrogen-bond acceptors (Lipinski definition) is 2. The van der Waals surface area contributed by atoms with E-state index in [1.54, 1.807) is 0 Å². The quantitative estimate of drug-likeness (QED) is 0.419. The van der Waals surface area contributed by atoms with Crippen LogP contribution < -0.4 is 5.14 Å². The molecule has 0 saturated heterocycles. The third kappa shape index (κ3) is 8.64. The second kappa shape index (κ2) is 11.1. The Morgan fingerprint density at radius 1 is 1.00 bits per heavy atom. The van der Waals surface area contributed by atoms with Gasteiger partial charge in [-0.3, -0.25) is 0 Å². The minimum Gasteiger partial charge on any atom is -0.395 e. The average molecular weight is 194 g/mol. The van der Waals surface area contributed by atoms with Gasteiger partial charge in [-0.2, -0.15) is 0 Å². The summed E-state index contributed by atoms with van der Waals surface area (Å²) in [5.74, 6) is 0. The maximum Gasteiger partial charge on any atom is 0.297 e. The van der Waals surface area contributed by atoms with Crippen LogP contribution in [0.15, 0.2) is 0 Å². The van der Waals surface area contributed by atoms with Crippen LogP contribution in [-0.2, 0) is 0 Å². The molecule has 0 aromatic heterocycles. The zero-order valence-corrected chi connectivity index (χ0v) is 9.89. The molecule has 0 aromatic rings. The summed E-state index contributed by atoms with van der Waals surface area (Å²) >= 11 is 0. The molecule has 0 bridgehead atoms. The summed E-state index contributed by atoms with van der Waals surface area (Å²) in [6.45, 7) is 6.82. The first-order chi connectivity index (χ1) is 6.85. The van der Waals surface area contributed by atoms with Gasteiger partial charge in [-0.15, -0.1) is 0 Å². The fraction of sp³-hybridized carbons (Fsp3) is 1.00. The van der Waals surface area contributed by atoms with Crippen molar-refractivity contribution in [1.82, 2.24) is 9.95 Å². The first kappa shape index (κ1) is 14.0. The van der Waals surface area contributed by atoms with Gasteiger partial charge in [-0.05, 0) is 25.9 Å². The van der Waals surface area contributed by atoms with E-state index in [1.165, 1.54) is 51.6 Å². The van der Waals surface area contributed by atoms with Gasteiger partial charge in [0.1, 0.15) is 0 Å². The van der Waals surface area contributed by atoms with Gasteiger partial charge in [0.2, 0.25) is 0 Å². The molecule has 0 aliphatic rings. The van der Waals surface area contributed by atoms with Gasteiger partial charge in [0.15, 0.2) is 7.98 Å². The lowest BCUT2D eigenvalue weighted by Crippen LogP contribution is -2.38. The van der Waals surface area contributed by atoms with Crippen LogP contribution in [0, 0.1) is 0 Å². The highest BCUT2D eigenvalue weighted by Gasteiger charge is 2.03. The lowest BCUT2D eigenvalue weighted by molar-refractivity contribution is 0.409. The lowest BCUT2D eigenvalue weighted by atomic mass is 10.0. The predicted molar refractivity (Wildman–Crippen MR) is 66.7 cm³/mol. The molecule has 0 spiro atoms. The highest BCUT2D eigenvalue weighted by molar-refractivity contribution is 6.39. The van der Waals surface area contributed by atoms with Crippen molar-refractivity contribution in [2.45, 2.75) is 52.4 Å². The molecule has 80 valence electrons. The highest BCUT2D eigenvalue weighted by Crippen LogP contribution is 2.00. The van der Waals surface area contributed by atoms with Crippen LogP contribution in [0.1, 0.15) is 52.4 Å². The number of hydrogen-bond donors (Lipinski definition) is 1. The molecule has 0 aliphatic heterocycles. The largest absolute Gasteiger partial charge is 0.395 e. The Bertz CT molecular complexity index is 102. The van der Waals surface area contributed by atoms with Crippen LogP contribution in [0.5, 0.6) is 0 Å². The fourth-order valence-electron chi connectivity index (χ4n) is 1.50. The Morgan fingerprint density at radius 2 is 1.50 bits per heavy atom. The van der Waals surface area contributed by atoms with Gasteiger partial charge in [-0.25, -0.2) is 0 Å². The van der Waals surface area contributed by atoms with Crippen LogP contribution in [0.2, 0.25) is 0 Å². The molecule has 2 nitrogen and oxygen atoms in total. The molecule has 4 heteroatoms. The molecule has 0 fully saturated rings. The Labute approximate surface area is 91.5 Å². The second-order valence-corrected chi connectivity index (χ2v) is 3.78. The van der Waals surface area contributed by atoms with Crippen molar-refractivity contribution in [1.29, 1.82) is 0 Å². The molecular weight excluding hydrogens is 170 g/mol. The SMILES string of the molecule is [BH]N[B]N(CCCCC)CCCCC. The van der Waals surface area contributed by atoms with Crippen LogP contribution in [-0.4, -0.2) is 33.4 Å². The van der Waals surface area contributed by atoms with Crippen LogP contribution in [0.25, 0.3) is 0 Å².